The quantitative estimate of drug-likeness (QED) is 0.577. The van der Waals surface area contributed by atoms with E-state index in [0.29, 0.717) is 23.2 Å². The van der Waals surface area contributed by atoms with E-state index < -0.39 is 0 Å². The Balaban J connectivity index is 1.47. The molecule has 0 unspecified atom stereocenters. The van der Waals surface area contributed by atoms with Gasteiger partial charge in [0.1, 0.15) is 5.69 Å². The van der Waals surface area contributed by atoms with Gasteiger partial charge < -0.3 is 10.6 Å². The minimum Gasteiger partial charge on any atom is -0.354 e. The fraction of sp³-hybridized carbons (Fsp3) is 0.190. The highest BCUT2D eigenvalue weighted by atomic mass is 35.5. The van der Waals surface area contributed by atoms with Crippen LogP contribution in [0, 0.1) is 0 Å². The summed E-state index contributed by atoms with van der Waals surface area (Å²) in [4.78, 5) is 20.8. The highest BCUT2D eigenvalue weighted by molar-refractivity contribution is 6.30. The first kappa shape index (κ1) is 18.9. The fourth-order valence-electron chi connectivity index (χ4n) is 2.58. The lowest BCUT2D eigenvalue weighted by atomic mass is 10.1. The number of aryl methyl sites for hydroxylation is 1. The van der Waals surface area contributed by atoms with Gasteiger partial charge >= 0.3 is 0 Å². The number of aromatic nitrogens is 2. The van der Waals surface area contributed by atoms with Crippen LogP contribution in [0.3, 0.4) is 0 Å². The number of hydrogen-bond acceptors (Lipinski definition) is 4. The van der Waals surface area contributed by atoms with Gasteiger partial charge in [-0.05, 0) is 42.2 Å². The van der Waals surface area contributed by atoms with Gasteiger partial charge in [0, 0.05) is 24.3 Å². The van der Waals surface area contributed by atoms with Gasteiger partial charge in [-0.25, -0.2) is 9.97 Å². The number of carbonyl (C=O) groups excluding carboxylic acids is 1. The molecule has 138 valence electrons. The lowest BCUT2D eigenvalue weighted by molar-refractivity contribution is 0.0946. The first-order valence-corrected chi connectivity index (χ1v) is 9.22. The first-order valence-electron chi connectivity index (χ1n) is 8.84. The summed E-state index contributed by atoms with van der Waals surface area (Å²) in [6.07, 6.45) is 3.53. The van der Waals surface area contributed by atoms with Crippen LogP contribution in [0.15, 0.2) is 66.9 Å². The summed E-state index contributed by atoms with van der Waals surface area (Å²) in [5, 5.41) is 6.69. The second-order valence-corrected chi connectivity index (χ2v) is 6.53. The third-order valence-corrected chi connectivity index (χ3v) is 4.27. The summed E-state index contributed by atoms with van der Waals surface area (Å²) in [7, 11) is 0. The standard InChI is InChI=1S/C21H21ClN4O/c22-18-10-8-17(9-11-18)15-25-20(27)19-12-14-24-21(26-19)23-13-4-7-16-5-2-1-3-6-16/h1-3,5-6,8-12,14H,4,7,13,15H2,(H,25,27)(H,23,24,26). The SMILES string of the molecule is O=C(NCc1ccc(Cl)cc1)c1ccnc(NCCCc2ccccc2)n1. The molecule has 0 aliphatic heterocycles. The van der Waals surface area contributed by atoms with Crippen molar-refractivity contribution >= 4 is 23.5 Å². The molecule has 6 heteroatoms. The molecule has 0 aliphatic rings. The third kappa shape index (κ3) is 6.08. The van der Waals surface area contributed by atoms with E-state index in [1.165, 1.54) is 5.56 Å². The molecule has 3 aromatic rings. The van der Waals surface area contributed by atoms with E-state index in [1.54, 1.807) is 24.4 Å². The van der Waals surface area contributed by atoms with E-state index in [0.717, 1.165) is 24.9 Å². The summed E-state index contributed by atoms with van der Waals surface area (Å²) >= 11 is 5.86. The molecule has 1 aromatic heterocycles. The smallest absolute Gasteiger partial charge is 0.270 e. The second-order valence-electron chi connectivity index (χ2n) is 6.09. The second kappa shape index (κ2) is 9.69. The molecular formula is C21H21ClN4O. The van der Waals surface area contributed by atoms with Crippen LogP contribution >= 0.6 is 11.6 Å². The average molecular weight is 381 g/mol. The average Bonchev–Trinajstić information content (AvgIpc) is 2.71. The Bertz CT molecular complexity index is 869. The zero-order chi connectivity index (χ0) is 18.9. The van der Waals surface area contributed by atoms with E-state index in [1.807, 2.05) is 30.3 Å². The molecule has 5 nitrogen and oxygen atoms in total. The molecule has 1 amide bonds. The summed E-state index contributed by atoms with van der Waals surface area (Å²) in [5.74, 6) is 0.224. The maximum Gasteiger partial charge on any atom is 0.270 e. The van der Waals surface area contributed by atoms with E-state index in [2.05, 4.69) is 32.7 Å². The summed E-state index contributed by atoms with van der Waals surface area (Å²) in [6.45, 7) is 1.16. The molecule has 0 fully saturated rings. The highest BCUT2D eigenvalue weighted by Crippen LogP contribution is 2.09. The maximum absolute atomic E-state index is 12.3. The van der Waals surface area contributed by atoms with Gasteiger partial charge in [0.25, 0.3) is 5.91 Å². The minimum absolute atomic E-state index is 0.236. The molecule has 0 saturated carbocycles. The van der Waals surface area contributed by atoms with Crippen molar-refractivity contribution in [3.63, 3.8) is 0 Å². The molecule has 0 aliphatic carbocycles. The van der Waals surface area contributed by atoms with Crippen molar-refractivity contribution in [3.8, 4) is 0 Å². The zero-order valence-electron chi connectivity index (χ0n) is 14.9. The van der Waals surface area contributed by atoms with Crippen LogP contribution in [-0.4, -0.2) is 22.4 Å². The molecule has 1 heterocycles. The van der Waals surface area contributed by atoms with Gasteiger partial charge in [0.05, 0.1) is 0 Å². The van der Waals surface area contributed by atoms with Gasteiger partial charge in [-0.1, -0.05) is 54.1 Å². The number of halogens is 1. The Kier molecular flexibility index (Phi) is 6.77. The van der Waals surface area contributed by atoms with Crippen molar-refractivity contribution in [1.29, 1.82) is 0 Å². The number of rotatable bonds is 8. The largest absolute Gasteiger partial charge is 0.354 e. The summed E-state index contributed by atoms with van der Waals surface area (Å²) in [6, 6.07) is 19.3. The van der Waals surface area contributed by atoms with Gasteiger partial charge in [0.2, 0.25) is 5.95 Å². The van der Waals surface area contributed by atoms with Gasteiger partial charge in [-0.15, -0.1) is 0 Å². The Morgan fingerprint density at radius 3 is 2.52 bits per heavy atom. The van der Waals surface area contributed by atoms with Crippen LogP contribution in [0.2, 0.25) is 5.02 Å². The van der Waals surface area contributed by atoms with Crippen LogP contribution in [0.5, 0.6) is 0 Å². The monoisotopic (exact) mass is 380 g/mol. The topological polar surface area (TPSA) is 66.9 Å². The Morgan fingerprint density at radius 2 is 1.74 bits per heavy atom. The lowest BCUT2D eigenvalue weighted by Gasteiger charge is -2.08. The number of carbonyl (C=O) groups is 1. The summed E-state index contributed by atoms with van der Waals surface area (Å²) in [5.41, 5.74) is 2.61. The molecule has 0 spiro atoms. The number of nitrogens with one attached hydrogen (secondary N) is 2. The van der Waals surface area contributed by atoms with Crippen molar-refractivity contribution in [2.24, 2.45) is 0 Å². The molecule has 3 rings (SSSR count). The number of hydrogen-bond donors (Lipinski definition) is 2. The number of nitrogens with zero attached hydrogens (tertiary/aromatic N) is 2. The third-order valence-electron chi connectivity index (χ3n) is 4.02. The van der Waals surface area contributed by atoms with E-state index in [-0.39, 0.29) is 5.91 Å². The van der Waals surface area contributed by atoms with Crippen LogP contribution in [0.1, 0.15) is 28.0 Å². The van der Waals surface area contributed by atoms with E-state index >= 15 is 0 Å². The molecule has 27 heavy (non-hydrogen) atoms. The molecular weight excluding hydrogens is 360 g/mol. The van der Waals surface area contributed by atoms with Crippen LogP contribution < -0.4 is 10.6 Å². The molecule has 0 radical (unpaired) electrons. The Hall–Kier alpha value is -2.92. The van der Waals surface area contributed by atoms with Gasteiger partial charge in [0.15, 0.2) is 0 Å². The van der Waals surface area contributed by atoms with Crippen LogP contribution in [0.25, 0.3) is 0 Å². The molecule has 2 N–H and O–H groups in total. The van der Waals surface area contributed by atoms with E-state index in [9.17, 15) is 4.79 Å². The van der Waals surface area contributed by atoms with Crippen LogP contribution in [-0.2, 0) is 13.0 Å². The Morgan fingerprint density at radius 1 is 0.963 bits per heavy atom. The van der Waals surface area contributed by atoms with Gasteiger partial charge in [-0.3, -0.25) is 4.79 Å². The van der Waals surface area contributed by atoms with Crippen LogP contribution in [0.4, 0.5) is 5.95 Å². The number of amides is 1. The van der Waals surface area contributed by atoms with Crippen molar-refractivity contribution in [2.75, 3.05) is 11.9 Å². The summed E-state index contributed by atoms with van der Waals surface area (Å²) < 4.78 is 0. The number of benzene rings is 2. The molecule has 2 aromatic carbocycles. The molecule has 0 bridgehead atoms. The molecule has 0 saturated heterocycles. The van der Waals surface area contributed by atoms with Gasteiger partial charge in [-0.2, -0.15) is 0 Å². The zero-order valence-corrected chi connectivity index (χ0v) is 15.6. The lowest BCUT2D eigenvalue weighted by Crippen LogP contribution is -2.24. The first-order chi connectivity index (χ1) is 13.2. The molecule has 0 atom stereocenters. The maximum atomic E-state index is 12.3. The van der Waals surface area contributed by atoms with Crippen molar-refractivity contribution in [3.05, 3.63) is 88.7 Å². The predicted molar refractivity (Wildman–Crippen MR) is 108 cm³/mol. The van der Waals surface area contributed by atoms with E-state index in [4.69, 9.17) is 11.6 Å². The van der Waals surface area contributed by atoms with Crippen molar-refractivity contribution in [1.82, 2.24) is 15.3 Å². The normalized spacial score (nSPS) is 10.4. The highest BCUT2D eigenvalue weighted by Gasteiger charge is 2.08. The predicted octanol–water partition coefficient (Wildman–Crippen LogP) is 4.10. The minimum atomic E-state index is -0.236. The fourth-order valence-corrected chi connectivity index (χ4v) is 2.71. The van der Waals surface area contributed by atoms with Crippen molar-refractivity contribution in [2.45, 2.75) is 19.4 Å². The Labute approximate surface area is 163 Å². The number of anilines is 1. The van der Waals surface area contributed by atoms with Crippen molar-refractivity contribution < 1.29 is 4.79 Å².